The zero-order chi connectivity index (χ0) is 14.8. The number of carboxylic acids is 1. The van der Waals surface area contributed by atoms with Crippen molar-refractivity contribution in [2.24, 2.45) is 5.16 Å². The Kier molecular flexibility index (Phi) is 4.07. The lowest BCUT2D eigenvalue weighted by atomic mass is 10.1. The van der Waals surface area contributed by atoms with Crippen molar-refractivity contribution in [1.29, 1.82) is 0 Å². The fourth-order valence-corrected chi connectivity index (χ4v) is 3.02. The largest absolute Gasteiger partial charge is 0.477 e. The number of carbonyl (C=O) groups is 2. The van der Waals surface area contributed by atoms with Gasteiger partial charge in [0.25, 0.3) is 5.91 Å². The van der Waals surface area contributed by atoms with Gasteiger partial charge < -0.3 is 19.6 Å². The molecule has 0 aromatic rings. The molecular weight excluding hydrogens is 278 g/mol. The van der Waals surface area contributed by atoms with Gasteiger partial charge in [-0.15, -0.1) is 0 Å². The van der Waals surface area contributed by atoms with Gasteiger partial charge in [-0.3, -0.25) is 9.69 Å². The first-order chi connectivity index (χ1) is 10.1. The lowest BCUT2D eigenvalue weighted by molar-refractivity contribution is -0.141. The van der Waals surface area contributed by atoms with Crippen LogP contribution in [-0.2, 0) is 19.2 Å². The van der Waals surface area contributed by atoms with Gasteiger partial charge in [-0.05, 0) is 6.42 Å². The molecular formula is C13H19N3O5. The first-order valence-electron chi connectivity index (χ1n) is 7.21. The van der Waals surface area contributed by atoms with Gasteiger partial charge in [-0.2, -0.15) is 0 Å². The number of aliphatic carboxylic acids is 1. The summed E-state index contributed by atoms with van der Waals surface area (Å²) in [5, 5.41) is 12.3. The van der Waals surface area contributed by atoms with Gasteiger partial charge in [-0.25, -0.2) is 4.79 Å². The van der Waals surface area contributed by atoms with Crippen molar-refractivity contribution < 1.29 is 24.3 Å². The molecule has 2 unspecified atom stereocenters. The van der Waals surface area contributed by atoms with E-state index < -0.39 is 12.1 Å². The molecule has 3 rings (SSSR count). The van der Waals surface area contributed by atoms with E-state index >= 15 is 0 Å². The monoisotopic (exact) mass is 297 g/mol. The lowest BCUT2D eigenvalue weighted by Gasteiger charge is -2.32. The number of oxime groups is 1. The number of hydrogen-bond donors (Lipinski definition) is 1. The molecule has 2 atom stereocenters. The van der Waals surface area contributed by atoms with Crippen LogP contribution in [0.5, 0.6) is 0 Å². The molecule has 3 aliphatic rings. The van der Waals surface area contributed by atoms with Crippen LogP contribution in [-0.4, -0.2) is 84.0 Å². The van der Waals surface area contributed by atoms with Crippen LogP contribution >= 0.6 is 0 Å². The number of morpholine rings is 1. The Hall–Kier alpha value is -1.67. The fraction of sp³-hybridized carbons (Fsp3) is 0.769. The van der Waals surface area contributed by atoms with Crippen molar-refractivity contribution in [1.82, 2.24) is 9.80 Å². The Balaban J connectivity index is 1.52. The zero-order valence-corrected chi connectivity index (χ0v) is 11.7. The van der Waals surface area contributed by atoms with Gasteiger partial charge in [0.05, 0.1) is 13.2 Å². The average Bonchev–Trinajstić information content (AvgIpc) is 3.17. The third-order valence-corrected chi connectivity index (χ3v) is 4.23. The molecule has 0 radical (unpaired) electrons. The second kappa shape index (κ2) is 5.98. The minimum Gasteiger partial charge on any atom is -0.477 e. The molecule has 1 N–H and O–H groups in total. The number of amides is 1. The molecule has 21 heavy (non-hydrogen) atoms. The molecule has 3 aliphatic heterocycles. The van der Waals surface area contributed by atoms with E-state index in [0.29, 0.717) is 19.1 Å². The second-order valence-corrected chi connectivity index (χ2v) is 5.52. The predicted octanol–water partition coefficient (Wildman–Crippen LogP) is -0.851. The summed E-state index contributed by atoms with van der Waals surface area (Å²) in [4.78, 5) is 32.2. The summed E-state index contributed by atoms with van der Waals surface area (Å²) in [5.74, 6) is -1.29. The Bertz CT molecular complexity index is 461. The molecule has 0 aromatic carbocycles. The highest BCUT2D eigenvalue weighted by Gasteiger charge is 2.38. The molecule has 2 saturated heterocycles. The summed E-state index contributed by atoms with van der Waals surface area (Å²) in [6.45, 7) is 4.64. The Morgan fingerprint density at radius 1 is 1.24 bits per heavy atom. The molecule has 0 aliphatic carbocycles. The third kappa shape index (κ3) is 3.01. The lowest BCUT2D eigenvalue weighted by Crippen LogP contribution is -2.46. The molecule has 8 heteroatoms. The maximum absolute atomic E-state index is 12.3. The Labute approximate surface area is 122 Å². The highest BCUT2D eigenvalue weighted by Crippen LogP contribution is 2.21. The summed E-state index contributed by atoms with van der Waals surface area (Å²) in [6.07, 6.45) is 0.206. The summed E-state index contributed by atoms with van der Waals surface area (Å²) >= 11 is 0. The van der Waals surface area contributed by atoms with Crippen LogP contribution < -0.4 is 0 Å². The topological polar surface area (TPSA) is 91.7 Å². The van der Waals surface area contributed by atoms with Crippen molar-refractivity contribution in [2.75, 3.05) is 39.4 Å². The smallest absolute Gasteiger partial charge is 0.353 e. The first kappa shape index (κ1) is 14.3. The summed E-state index contributed by atoms with van der Waals surface area (Å²) in [7, 11) is 0. The number of carbonyl (C=O) groups excluding carboxylic acids is 1. The van der Waals surface area contributed by atoms with E-state index in [9.17, 15) is 9.59 Å². The number of nitrogens with zero attached hydrogens (tertiary/aromatic N) is 3. The van der Waals surface area contributed by atoms with Crippen LogP contribution in [0.25, 0.3) is 0 Å². The van der Waals surface area contributed by atoms with E-state index in [1.165, 1.54) is 0 Å². The SMILES string of the molecule is O=C(O)C1=NOC(C(=O)N2CCC(N3CCOCC3)C2)C1. The number of carboxylic acid groups (broad SMARTS) is 1. The van der Waals surface area contributed by atoms with Gasteiger partial charge in [-0.1, -0.05) is 5.16 Å². The molecule has 0 bridgehead atoms. The Morgan fingerprint density at radius 3 is 2.67 bits per heavy atom. The zero-order valence-electron chi connectivity index (χ0n) is 11.7. The molecule has 0 aromatic heterocycles. The van der Waals surface area contributed by atoms with Crippen LogP contribution in [0.4, 0.5) is 0 Å². The van der Waals surface area contributed by atoms with Crippen LogP contribution in [0, 0.1) is 0 Å². The predicted molar refractivity (Wildman–Crippen MR) is 71.9 cm³/mol. The van der Waals surface area contributed by atoms with E-state index in [1.54, 1.807) is 4.90 Å². The minimum atomic E-state index is -1.13. The molecule has 8 nitrogen and oxygen atoms in total. The Morgan fingerprint density at radius 2 is 2.00 bits per heavy atom. The minimum absolute atomic E-state index is 0.0485. The number of hydrogen-bond acceptors (Lipinski definition) is 6. The first-order valence-corrected chi connectivity index (χ1v) is 7.21. The van der Waals surface area contributed by atoms with Crippen LogP contribution in [0.3, 0.4) is 0 Å². The van der Waals surface area contributed by atoms with Gasteiger partial charge in [0.15, 0.2) is 5.71 Å². The van der Waals surface area contributed by atoms with Crippen molar-refractivity contribution in [3.63, 3.8) is 0 Å². The van der Waals surface area contributed by atoms with E-state index in [2.05, 4.69) is 10.1 Å². The summed E-state index contributed by atoms with van der Waals surface area (Å²) < 4.78 is 5.34. The summed E-state index contributed by atoms with van der Waals surface area (Å²) in [6, 6.07) is 0.360. The van der Waals surface area contributed by atoms with E-state index in [1.807, 2.05) is 0 Å². The number of ether oxygens (including phenoxy) is 1. The van der Waals surface area contributed by atoms with Crippen molar-refractivity contribution >= 4 is 17.6 Å². The molecule has 2 fully saturated rings. The maximum atomic E-state index is 12.3. The molecule has 0 spiro atoms. The van der Waals surface area contributed by atoms with Crippen LogP contribution in [0.1, 0.15) is 12.8 Å². The van der Waals surface area contributed by atoms with Gasteiger partial charge in [0.2, 0.25) is 6.10 Å². The molecule has 3 heterocycles. The fourth-order valence-electron chi connectivity index (χ4n) is 3.02. The number of likely N-dealkylation sites (tertiary alicyclic amines) is 1. The molecule has 1 amide bonds. The highest BCUT2D eigenvalue weighted by molar-refractivity contribution is 6.36. The second-order valence-electron chi connectivity index (χ2n) is 5.52. The van der Waals surface area contributed by atoms with Crippen LogP contribution in [0.15, 0.2) is 5.16 Å². The molecule has 116 valence electrons. The normalized spacial score (nSPS) is 30.1. The van der Waals surface area contributed by atoms with E-state index in [0.717, 1.165) is 32.7 Å². The number of rotatable bonds is 3. The standard InChI is InChI=1S/C13H19N3O5/c17-12(11-7-10(13(18)19)14-21-11)16-2-1-9(8-16)15-3-5-20-6-4-15/h9,11H,1-8H2,(H,18,19). The van der Waals surface area contributed by atoms with Crippen LogP contribution in [0.2, 0.25) is 0 Å². The quantitative estimate of drug-likeness (QED) is 0.729. The van der Waals surface area contributed by atoms with E-state index in [-0.39, 0.29) is 18.0 Å². The van der Waals surface area contributed by atoms with Crippen molar-refractivity contribution in [3.8, 4) is 0 Å². The maximum Gasteiger partial charge on any atom is 0.353 e. The van der Waals surface area contributed by atoms with Crippen molar-refractivity contribution in [3.05, 3.63) is 0 Å². The van der Waals surface area contributed by atoms with Gasteiger partial charge >= 0.3 is 5.97 Å². The van der Waals surface area contributed by atoms with Gasteiger partial charge in [0.1, 0.15) is 0 Å². The third-order valence-electron chi connectivity index (χ3n) is 4.23. The average molecular weight is 297 g/mol. The summed E-state index contributed by atoms with van der Waals surface area (Å²) in [5.41, 5.74) is -0.0859. The highest BCUT2D eigenvalue weighted by atomic mass is 16.6. The van der Waals surface area contributed by atoms with Gasteiger partial charge in [0, 0.05) is 38.6 Å². The van der Waals surface area contributed by atoms with Crippen molar-refractivity contribution in [2.45, 2.75) is 25.0 Å². The molecule has 0 saturated carbocycles. The van der Waals surface area contributed by atoms with E-state index in [4.69, 9.17) is 14.7 Å².